The van der Waals surface area contributed by atoms with E-state index >= 15 is 0 Å². The van der Waals surface area contributed by atoms with Gasteiger partial charge in [-0.15, -0.1) is 0 Å². The summed E-state index contributed by atoms with van der Waals surface area (Å²) in [4.78, 5) is 15.5. The molecule has 2 rings (SSSR count). The number of benzene rings is 1. The Kier molecular flexibility index (Phi) is 4.11. The number of likely N-dealkylation sites (N-methyl/N-ethyl adjacent to an activating group) is 1. The molecule has 0 aliphatic carbocycles. The van der Waals surface area contributed by atoms with Crippen molar-refractivity contribution in [2.45, 2.75) is 25.9 Å². The van der Waals surface area contributed by atoms with Gasteiger partial charge in [0.2, 0.25) is 0 Å². The smallest absolute Gasteiger partial charge is 0.335 e. The number of nitrogens with zero attached hydrogens (tertiary/aromatic N) is 2. The first-order valence-corrected chi connectivity index (χ1v) is 6.74. The molecule has 1 heterocycles. The van der Waals surface area contributed by atoms with Crippen LogP contribution in [0, 0.1) is 5.82 Å². The minimum absolute atomic E-state index is 0.00777. The average molecular weight is 280 g/mol. The fourth-order valence-corrected chi connectivity index (χ4v) is 2.60. The Morgan fingerprint density at radius 1 is 1.35 bits per heavy atom. The predicted octanol–water partition coefficient (Wildman–Crippen LogP) is 2.05. The molecule has 0 amide bonds. The minimum Gasteiger partial charge on any atom is -0.478 e. The SMILES string of the molecule is CN1CCN(Cc2cc(F)cc(C(=O)O)c2)CC1(C)C. The van der Waals surface area contributed by atoms with E-state index in [4.69, 9.17) is 5.11 Å². The summed E-state index contributed by atoms with van der Waals surface area (Å²) in [6.45, 7) is 7.66. The largest absolute Gasteiger partial charge is 0.478 e. The van der Waals surface area contributed by atoms with E-state index in [1.165, 1.54) is 6.07 Å². The molecule has 20 heavy (non-hydrogen) atoms. The van der Waals surface area contributed by atoms with Gasteiger partial charge in [-0.25, -0.2) is 9.18 Å². The molecule has 1 aromatic carbocycles. The first kappa shape index (κ1) is 14.9. The maximum Gasteiger partial charge on any atom is 0.335 e. The molecule has 0 radical (unpaired) electrons. The molecule has 0 saturated carbocycles. The maximum absolute atomic E-state index is 13.5. The lowest BCUT2D eigenvalue weighted by molar-refractivity contribution is 0.0359. The van der Waals surface area contributed by atoms with Crippen LogP contribution in [-0.2, 0) is 6.54 Å². The highest BCUT2D eigenvalue weighted by Crippen LogP contribution is 2.21. The van der Waals surface area contributed by atoms with E-state index in [0.717, 1.165) is 25.7 Å². The highest BCUT2D eigenvalue weighted by Gasteiger charge is 2.30. The Labute approximate surface area is 118 Å². The summed E-state index contributed by atoms with van der Waals surface area (Å²) in [6.07, 6.45) is 0. The van der Waals surface area contributed by atoms with Crippen LogP contribution in [0.4, 0.5) is 4.39 Å². The zero-order chi connectivity index (χ0) is 14.9. The molecule has 1 aromatic rings. The van der Waals surface area contributed by atoms with Gasteiger partial charge in [-0.05, 0) is 44.7 Å². The molecule has 1 fully saturated rings. The van der Waals surface area contributed by atoms with E-state index in [-0.39, 0.29) is 11.1 Å². The van der Waals surface area contributed by atoms with Gasteiger partial charge in [-0.3, -0.25) is 9.80 Å². The molecule has 0 bridgehead atoms. The van der Waals surface area contributed by atoms with Gasteiger partial charge < -0.3 is 5.11 Å². The van der Waals surface area contributed by atoms with Crippen molar-refractivity contribution in [1.29, 1.82) is 0 Å². The average Bonchev–Trinajstić information content (AvgIpc) is 2.32. The second-order valence-electron chi connectivity index (χ2n) is 6.10. The predicted molar refractivity (Wildman–Crippen MR) is 75.3 cm³/mol. The van der Waals surface area contributed by atoms with Gasteiger partial charge >= 0.3 is 5.97 Å². The lowest BCUT2D eigenvalue weighted by atomic mass is 9.99. The van der Waals surface area contributed by atoms with Crippen LogP contribution in [0.25, 0.3) is 0 Å². The van der Waals surface area contributed by atoms with Crippen LogP contribution in [0.1, 0.15) is 29.8 Å². The molecule has 5 heteroatoms. The highest BCUT2D eigenvalue weighted by molar-refractivity contribution is 5.87. The Morgan fingerprint density at radius 3 is 2.65 bits per heavy atom. The van der Waals surface area contributed by atoms with Gasteiger partial charge in [-0.1, -0.05) is 0 Å². The van der Waals surface area contributed by atoms with Gasteiger partial charge in [0.25, 0.3) is 0 Å². The zero-order valence-corrected chi connectivity index (χ0v) is 12.2. The van der Waals surface area contributed by atoms with Crippen LogP contribution in [0.15, 0.2) is 18.2 Å². The summed E-state index contributed by atoms with van der Waals surface area (Å²) in [7, 11) is 2.10. The minimum atomic E-state index is -1.09. The number of carboxylic acids is 1. The van der Waals surface area contributed by atoms with Crippen molar-refractivity contribution >= 4 is 5.97 Å². The van der Waals surface area contributed by atoms with Crippen LogP contribution in [0.3, 0.4) is 0 Å². The standard InChI is InChI=1S/C15H21FN2O2/c1-15(2)10-18(5-4-17(15)3)9-11-6-12(14(19)20)8-13(16)7-11/h6-8H,4-5,9-10H2,1-3H3,(H,19,20). The quantitative estimate of drug-likeness (QED) is 0.920. The van der Waals surface area contributed by atoms with Crippen molar-refractivity contribution in [1.82, 2.24) is 9.80 Å². The van der Waals surface area contributed by atoms with Crippen molar-refractivity contribution < 1.29 is 14.3 Å². The van der Waals surface area contributed by atoms with Crippen LogP contribution in [-0.4, -0.2) is 53.1 Å². The van der Waals surface area contributed by atoms with E-state index in [9.17, 15) is 9.18 Å². The van der Waals surface area contributed by atoms with Crippen molar-refractivity contribution in [3.8, 4) is 0 Å². The van der Waals surface area contributed by atoms with Crippen molar-refractivity contribution in [3.63, 3.8) is 0 Å². The molecule has 0 unspecified atom stereocenters. The Morgan fingerprint density at radius 2 is 2.05 bits per heavy atom. The zero-order valence-electron chi connectivity index (χ0n) is 12.2. The molecule has 0 atom stereocenters. The topological polar surface area (TPSA) is 43.8 Å². The molecule has 1 aliphatic heterocycles. The molecule has 0 spiro atoms. The van der Waals surface area contributed by atoms with E-state index in [1.54, 1.807) is 6.07 Å². The molecular formula is C15H21FN2O2. The van der Waals surface area contributed by atoms with Gasteiger partial charge in [0.1, 0.15) is 5.82 Å². The molecule has 0 aromatic heterocycles. The van der Waals surface area contributed by atoms with Crippen LogP contribution in [0.5, 0.6) is 0 Å². The first-order valence-electron chi connectivity index (χ1n) is 6.74. The Balaban J connectivity index is 2.12. The van der Waals surface area contributed by atoms with Gasteiger partial charge in [-0.2, -0.15) is 0 Å². The van der Waals surface area contributed by atoms with E-state index < -0.39 is 11.8 Å². The number of hydrogen-bond acceptors (Lipinski definition) is 3. The third-order valence-electron chi connectivity index (χ3n) is 4.01. The van der Waals surface area contributed by atoms with Crippen LogP contribution in [0.2, 0.25) is 0 Å². The molecule has 1 saturated heterocycles. The number of halogens is 1. The lowest BCUT2D eigenvalue weighted by Crippen LogP contribution is -2.57. The third kappa shape index (κ3) is 3.35. The third-order valence-corrected chi connectivity index (χ3v) is 4.01. The fraction of sp³-hybridized carbons (Fsp3) is 0.533. The second-order valence-corrected chi connectivity index (χ2v) is 6.10. The van der Waals surface area contributed by atoms with Crippen LogP contribution < -0.4 is 0 Å². The van der Waals surface area contributed by atoms with Crippen molar-refractivity contribution in [3.05, 3.63) is 35.1 Å². The number of carboxylic acid groups (broad SMARTS) is 1. The number of aromatic carboxylic acids is 1. The molecule has 110 valence electrons. The molecular weight excluding hydrogens is 259 g/mol. The van der Waals surface area contributed by atoms with Gasteiger partial charge in [0, 0.05) is 31.7 Å². The summed E-state index contributed by atoms with van der Waals surface area (Å²) < 4.78 is 13.5. The summed E-state index contributed by atoms with van der Waals surface area (Å²) in [5.74, 6) is -1.59. The Hall–Kier alpha value is -1.46. The van der Waals surface area contributed by atoms with Crippen LogP contribution >= 0.6 is 0 Å². The monoisotopic (exact) mass is 280 g/mol. The number of piperazine rings is 1. The summed E-state index contributed by atoms with van der Waals surface area (Å²) >= 11 is 0. The van der Waals surface area contributed by atoms with Crippen molar-refractivity contribution in [2.24, 2.45) is 0 Å². The molecule has 1 N–H and O–H groups in total. The van der Waals surface area contributed by atoms with Gasteiger partial charge in [0.05, 0.1) is 5.56 Å². The first-order chi connectivity index (χ1) is 9.28. The maximum atomic E-state index is 13.5. The van der Waals surface area contributed by atoms with E-state index in [0.29, 0.717) is 12.1 Å². The van der Waals surface area contributed by atoms with Crippen molar-refractivity contribution in [2.75, 3.05) is 26.7 Å². The molecule has 1 aliphatic rings. The highest BCUT2D eigenvalue weighted by atomic mass is 19.1. The Bertz CT molecular complexity index is 517. The summed E-state index contributed by atoms with van der Waals surface area (Å²) in [5.41, 5.74) is 0.789. The second kappa shape index (κ2) is 5.50. The van der Waals surface area contributed by atoms with Gasteiger partial charge in [0.15, 0.2) is 0 Å². The number of carbonyl (C=O) groups is 1. The summed E-state index contributed by atoms with van der Waals surface area (Å²) in [6, 6.07) is 4.02. The van der Waals surface area contributed by atoms with E-state index in [2.05, 4.69) is 30.7 Å². The fourth-order valence-electron chi connectivity index (χ4n) is 2.60. The summed E-state index contributed by atoms with van der Waals surface area (Å²) in [5, 5.41) is 8.97. The lowest BCUT2D eigenvalue weighted by Gasteiger charge is -2.45. The number of hydrogen-bond donors (Lipinski definition) is 1. The van der Waals surface area contributed by atoms with E-state index in [1.807, 2.05) is 0 Å². The molecule has 4 nitrogen and oxygen atoms in total. The normalized spacial score (nSPS) is 20.0. The number of rotatable bonds is 3.